The predicted molar refractivity (Wildman–Crippen MR) is 173 cm³/mol. The van der Waals surface area contributed by atoms with Crippen molar-refractivity contribution in [3.05, 3.63) is 88.4 Å². The maximum atomic E-state index is 13.7. The fraction of sp³-hybridized carbons (Fsp3) is 0.343. The number of benzene rings is 2. The number of carbonyl (C=O) groups is 2. The maximum absolute atomic E-state index is 13.7. The SMILES string of the molecule is COc1ncc(-c2ccc(C(=O)O)cc2C)cc1-c1cnc(N2CCOCC2)nc1CN1C(=O)OC(c2cc(C(F)(F)F)cc(C(F)(F)F)c2)C1C. The number of morpholine rings is 1. The zero-order valence-electron chi connectivity index (χ0n) is 27.9. The quantitative estimate of drug-likeness (QED) is 0.186. The van der Waals surface area contributed by atoms with Gasteiger partial charge in [-0.15, -0.1) is 0 Å². The van der Waals surface area contributed by atoms with E-state index in [-0.39, 0.29) is 29.7 Å². The molecule has 52 heavy (non-hydrogen) atoms. The maximum Gasteiger partial charge on any atom is 0.416 e. The molecule has 2 atom stereocenters. The summed E-state index contributed by atoms with van der Waals surface area (Å²) >= 11 is 0. The zero-order valence-corrected chi connectivity index (χ0v) is 27.9. The number of anilines is 1. The predicted octanol–water partition coefficient (Wildman–Crippen LogP) is 7.18. The Kier molecular flexibility index (Phi) is 9.74. The molecule has 2 saturated heterocycles. The van der Waals surface area contributed by atoms with Crippen LogP contribution in [-0.4, -0.2) is 76.5 Å². The van der Waals surface area contributed by atoms with Crippen molar-refractivity contribution >= 4 is 18.0 Å². The summed E-state index contributed by atoms with van der Waals surface area (Å²) in [7, 11) is 1.40. The average Bonchev–Trinajstić information content (AvgIpc) is 3.39. The number of hydrogen-bond acceptors (Lipinski definition) is 9. The molecular weight excluding hydrogens is 700 g/mol. The minimum atomic E-state index is -5.09. The topological polar surface area (TPSA) is 127 Å². The first-order valence-corrected chi connectivity index (χ1v) is 15.9. The Morgan fingerprint density at radius 2 is 1.62 bits per heavy atom. The summed E-state index contributed by atoms with van der Waals surface area (Å²) in [6.45, 7) is 4.67. The van der Waals surface area contributed by atoms with E-state index < -0.39 is 53.3 Å². The third kappa shape index (κ3) is 7.30. The molecule has 11 nitrogen and oxygen atoms in total. The van der Waals surface area contributed by atoms with Crippen LogP contribution in [0.15, 0.2) is 54.9 Å². The number of aryl methyl sites for hydroxylation is 1. The zero-order chi connectivity index (χ0) is 37.5. The van der Waals surface area contributed by atoms with Crippen LogP contribution >= 0.6 is 0 Å². The van der Waals surface area contributed by atoms with Crippen molar-refractivity contribution in [1.29, 1.82) is 0 Å². The first kappa shape index (κ1) is 36.3. The van der Waals surface area contributed by atoms with Crippen molar-refractivity contribution in [1.82, 2.24) is 19.9 Å². The lowest BCUT2D eigenvalue weighted by atomic mass is 9.96. The number of aromatic nitrogens is 3. The van der Waals surface area contributed by atoms with Gasteiger partial charge in [0.25, 0.3) is 0 Å². The highest BCUT2D eigenvalue weighted by atomic mass is 19.4. The molecule has 0 aliphatic carbocycles. The molecule has 2 unspecified atom stereocenters. The Labute approximate surface area is 292 Å². The summed E-state index contributed by atoms with van der Waals surface area (Å²) in [4.78, 5) is 41.7. The number of pyridine rings is 1. The van der Waals surface area contributed by atoms with Gasteiger partial charge in [-0.1, -0.05) is 6.07 Å². The Hall–Kier alpha value is -5.45. The van der Waals surface area contributed by atoms with E-state index in [1.807, 2.05) is 4.90 Å². The summed E-state index contributed by atoms with van der Waals surface area (Å²) in [5.74, 6) is -0.628. The van der Waals surface area contributed by atoms with E-state index in [4.69, 9.17) is 19.2 Å². The number of carboxylic acid groups (broad SMARTS) is 1. The highest BCUT2D eigenvalue weighted by molar-refractivity contribution is 5.89. The molecule has 0 spiro atoms. The van der Waals surface area contributed by atoms with Crippen molar-refractivity contribution in [2.45, 2.75) is 44.9 Å². The van der Waals surface area contributed by atoms with Crippen molar-refractivity contribution in [3.8, 4) is 28.1 Å². The van der Waals surface area contributed by atoms with Gasteiger partial charge in [0, 0.05) is 42.2 Å². The molecule has 274 valence electrons. The fourth-order valence-corrected chi connectivity index (χ4v) is 6.21. The Morgan fingerprint density at radius 1 is 0.942 bits per heavy atom. The lowest BCUT2D eigenvalue weighted by Crippen LogP contribution is -2.38. The van der Waals surface area contributed by atoms with E-state index >= 15 is 0 Å². The van der Waals surface area contributed by atoms with Crippen molar-refractivity contribution in [3.63, 3.8) is 0 Å². The minimum Gasteiger partial charge on any atom is -0.481 e. The fourth-order valence-electron chi connectivity index (χ4n) is 6.21. The average molecular weight is 732 g/mol. The van der Waals surface area contributed by atoms with Crippen molar-refractivity contribution in [2.24, 2.45) is 0 Å². The monoisotopic (exact) mass is 731 g/mol. The van der Waals surface area contributed by atoms with Gasteiger partial charge in [-0.3, -0.25) is 4.90 Å². The van der Waals surface area contributed by atoms with Crippen LogP contribution in [-0.2, 0) is 28.4 Å². The second kappa shape index (κ2) is 13.9. The first-order valence-electron chi connectivity index (χ1n) is 15.9. The standard InChI is InChI=1S/C35H31F6N5O6/c1-18-10-20(31(47)48)4-5-25(18)22-13-26(30(50-3)42-15-22)27-16-43-32(45-6-8-51-9-7-45)44-28(27)17-46-19(2)29(52-33(46)49)21-11-23(34(36,37)38)14-24(12-21)35(39,40)41/h4-5,10-16,19,29H,6-9,17H2,1-3H3,(H,47,48). The summed E-state index contributed by atoms with van der Waals surface area (Å²) in [5.41, 5.74) is -0.484. The van der Waals surface area contributed by atoms with Crippen LogP contribution in [0.2, 0.25) is 0 Å². The number of alkyl halides is 6. The van der Waals surface area contributed by atoms with Crippen LogP contribution in [0.4, 0.5) is 37.1 Å². The molecule has 2 aliphatic heterocycles. The van der Waals surface area contributed by atoms with Crippen LogP contribution in [0.1, 0.15) is 51.3 Å². The number of methoxy groups -OCH3 is 1. The molecule has 2 aromatic heterocycles. The number of amides is 1. The number of ether oxygens (including phenoxy) is 3. The van der Waals surface area contributed by atoms with Gasteiger partial charge >= 0.3 is 24.4 Å². The van der Waals surface area contributed by atoms with E-state index in [0.717, 1.165) is 0 Å². The summed E-state index contributed by atoms with van der Waals surface area (Å²) in [6.07, 6.45) is -9.58. The molecule has 4 aromatic rings. The van der Waals surface area contributed by atoms with E-state index in [9.17, 15) is 41.0 Å². The highest BCUT2D eigenvalue weighted by Gasteiger charge is 2.44. The van der Waals surface area contributed by atoms with Crippen LogP contribution < -0.4 is 9.64 Å². The van der Waals surface area contributed by atoms with Crippen LogP contribution in [0.25, 0.3) is 22.3 Å². The Balaban J connectivity index is 1.42. The van der Waals surface area contributed by atoms with Crippen molar-refractivity contribution < 1.29 is 55.2 Å². The lowest BCUT2D eigenvalue weighted by Gasteiger charge is -2.28. The normalized spacial score (nSPS) is 18.1. The second-order valence-electron chi connectivity index (χ2n) is 12.3. The largest absolute Gasteiger partial charge is 0.481 e. The van der Waals surface area contributed by atoms with Gasteiger partial charge in [0.1, 0.15) is 6.10 Å². The van der Waals surface area contributed by atoms with Gasteiger partial charge in [-0.05, 0) is 66.9 Å². The summed E-state index contributed by atoms with van der Waals surface area (Å²) < 4.78 is 98.5. The van der Waals surface area contributed by atoms with Crippen LogP contribution in [0.3, 0.4) is 0 Å². The van der Waals surface area contributed by atoms with E-state index in [1.54, 1.807) is 25.3 Å². The minimum absolute atomic E-state index is 0.0145. The number of halogens is 6. The van der Waals surface area contributed by atoms with Gasteiger partial charge in [-0.25, -0.2) is 24.5 Å². The second-order valence-corrected chi connectivity index (χ2v) is 12.3. The summed E-state index contributed by atoms with van der Waals surface area (Å²) in [6, 6.07) is 6.44. The Bertz CT molecular complexity index is 1990. The molecule has 2 aliphatic rings. The Morgan fingerprint density at radius 3 is 2.21 bits per heavy atom. The van der Waals surface area contributed by atoms with E-state index in [2.05, 4.69) is 9.97 Å². The molecule has 0 radical (unpaired) electrons. The van der Waals surface area contributed by atoms with Gasteiger partial charge in [0.05, 0.1) is 55.3 Å². The van der Waals surface area contributed by atoms with Gasteiger partial charge in [-0.2, -0.15) is 26.3 Å². The lowest BCUT2D eigenvalue weighted by molar-refractivity contribution is -0.143. The smallest absolute Gasteiger partial charge is 0.416 e. The number of aromatic carboxylic acids is 1. The number of rotatable bonds is 8. The third-order valence-electron chi connectivity index (χ3n) is 8.92. The first-order chi connectivity index (χ1) is 24.5. The number of carbonyl (C=O) groups excluding carboxylic acids is 1. The highest BCUT2D eigenvalue weighted by Crippen LogP contribution is 2.42. The third-order valence-corrected chi connectivity index (χ3v) is 8.92. The molecule has 17 heteroatoms. The number of carboxylic acids is 1. The number of hydrogen-bond donors (Lipinski definition) is 1. The number of nitrogens with zero attached hydrogens (tertiary/aromatic N) is 5. The molecule has 2 aromatic carbocycles. The van der Waals surface area contributed by atoms with Gasteiger partial charge in [0.15, 0.2) is 0 Å². The molecular formula is C35H31F6N5O6. The molecule has 1 N–H and O–H groups in total. The molecule has 0 saturated carbocycles. The molecule has 0 bridgehead atoms. The van der Waals surface area contributed by atoms with Gasteiger partial charge in [0.2, 0.25) is 11.8 Å². The molecule has 6 rings (SSSR count). The van der Waals surface area contributed by atoms with Gasteiger partial charge < -0.3 is 24.2 Å². The van der Waals surface area contributed by atoms with Crippen LogP contribution in [0.5, 0.6) is 5.88 Å². The summed E-state index contributed by atoms with van der Waals surface area (Å²) in [5, 5.41) is 9.42. The molecule has 1 amide bonds. The molecule has 4 heterocycles. The van der Waals surface area contributed by atoms with Crippen LogP contribution in [0, 0.1) is 6.92 Å². The van der Waals surface area contributed by atoms with E-state index in [1.165, 1.54) is 37.3 Å². The van der Waals surface area contributed by atoms with E-state index in [0.29, 0.717) is 72.2 Å². The number of cyclic esters (lactones) is 1. The van der Waals surface area contributed by atoms with Crippen molar-refractivity contribution in [2.75, 3.05) is 38.3 Å². The molecule has 2 fully saturated rings.